The first kappa shape index (κ1) is 19.8. The summed E-state index contributed by atoms with van der Waals surface area (Å²) in [5.74, 6) is -0.208. The van der Waals surface area contributed by atoms with E-state index in [1.807, 2.05) is 19.1 Å². The molecule has 0 aliphatic rings. The summed E-state index contributed by atoms with van der Waals surface area (Å²) in [4.78, 5) is 17.6. The summed E-state index contributed by atoms with van der Waals surface area (Å²) >= 11 is 1.21. The van der Waals surface area contributed by atoms with E-state index in [4.69, 9.17) is 0 Å². The average molecular weight is 345 g/mol. The monoisotopic (exact) mass is 345 g/mol. The second-order valence-corrected chi connectivity index (χ2v) is 5.59. The fourth-order valence-corrected chi connectivity index (χ4v) is 2.30. The lowest BCUT2D eigenvalue weighted by Crippen LogP contribution is -2.19. The molecule has 0 aromatic heterocycles. The molecule has 2 aromatic rings. The van der Waals surface area contributed by atoms with Gasteiger partial charge in [0.05, 0.1) is 10.6 Å². The topological polar surface area (TPSA) is 53.5 Å². The predicted octanol–water partition coefficient (Wildman–Crippen LogP) is 4.04. The lowest BCUT2D eigenvalue weighted by atomic mass is 10.1. The molecule has 0 fully saturated rings. The van der Waals surface area contributed by atoms with Crippen molar-refractivity contribution in [1.29, 1.82) is 0 Å². The van der Waals surface area contributed by atoms with Crippen LogP contribution in [-0.4, -0.2) is 20.1 Å². The molecule has 2 rings (SSSR count). The molecule has 0 unspecified atom stereocenters. The number of rotatable bonds is 6. The summed E-state index contributed by atoms with van der Waals surface area (Å²) in [5.41, 5.74) is 5.78. The van der Waals surface area contributed by atoms with Gasteiger partial charge in [-0.1, -0.05) is 18.7 Å². The minimum Gasteiger partial charge on any atom is -0.298 e. The first-order valence-corrected chi connectivity index (χ1v) is 7.89. The molecule has 4 nitrogen and oxygen atoms in total. The fraction of sp³-hybridized carbons (Fsp3) is 0.111. The Bertz CT molecular complexity index is 719. The Hall–Kier alpha value is -2.28. The molecule has 0 spiro atoms. The highest BCUT2D eigenvalue weighted by atomic mass is 32.2. The van der Waals surface area contributed by atoms with Gasteiger partial charge >= 0.3 is 0 Å². The quantitative estimate of drug-likeness (QED) is 0.359. The SMILES string of the molecule is C=NC(=C)c1cc(C)cc(C=O)c1.CNNSc1ccccc1F. The van der Waals surface area contributed by atoms with Crippen LogP contribution in [0.5, 0.6) is 0 Å². The zero-order valence-electron chi connectivity index (χ0n) is 13.7. The summed E-state index contributed by atoms with van der Waals surface area (Å²) in [6.45, 7) is 9.02. The van der Waals surface area contributed by atoms with Crippen LogP contribution in [0.4, 0.5) is 4.39 Å². The molecule has 24 heavy (non-hydrogen) atoms. The first-order valence-electron chi connectivity index (χ1n) is 7.07. The minimum absolute atomic E-state index is 0.208. The number of nitrogens with one attached hydrogen (secondary N) is 2. The Morgan fingerprint density at radius 3 is 2.58 bits per heavy atom. The van der Waals surface area contributed by atoms with Crippen LogP contribution < -0.4 is 10.3 Å². The molecule has 0 amide bonds. The van der Waals surface area contributed by atoms with Gasteiger partial charge in [-0.15, -0.1) is 0 Å². The highest BCUT2D eigenvalue weighted by Gasteiger charge is 2.00. The zero-order chi connectivity index (χ0) is 17.9. The van der Waals surface area contributed by atoms with Crippen molar-refractivity contribution in [2.75, 3.05) is 7.05 Å². The van der Waals surface area contributed by atoms with E-state index in [0.717, 1.165) is 17.4 Å². The number of nitrogens with zero attached hydrogens (tertiary/aromatic N) is 1. The predicted molar refractivity (Wildman–Crippen MR) is 99.6 cm³/mol. The third-order valence-corrected chi connectivity index (χ3v) is 3.72. The number of halogens is 1. The van der Waals surface area contributed by atoms with Gasteiger partial charge in [0.15, 0.2) is 0 Å². The lowest BCUT2D eigenvalue weighted by molar-refractivity contribution is 0.112. The highest BCUT2D eigenvalue weighted by Crippen LogP contribution is 2.17. The lowest BCUT2D eigenvalue weighted by Gasteiger charge is -2.02. The zero-order valence-corrected chi connectivity index (χ0v) is 14.5. The van der Waals surface area contributed by atoms with Gasteiger partial charge in [-0.2, -0.15) is 4.83 Å². The van der Waals surface area contributed by atoms with Crippen LogP contribution >= 0.6 is 11.9 Å². The van der Waals surface area contributed by atoms with Crippen molar-refractivity contribution in [1.82, 2.24) is 10.3 Å². The molecule has 2 aromatic carbocycles. The maximum atomic E-state index is 12.8. The van der Waals surface area contributed by atoms with Gasteiger partial charge < -0.3 is 0 Å². The van der Waals surface area contributed by atoms with Gasteiger partial charge in [0.25, 0.3) is 0 Å². The van der Waals surface area contributed by atoms with Crippen molar-refractivity contribution in [2.24, 2.45) is 4.99 Å². The summed E-state index contributed by atoms with van der Waals surface area (Å²) in [6, 6.07) is 12.1. The Morgan fingerprint density at radius 1 is 1.29 bits per heavy atom. The van der Waals surface area contributed by atoms with Gasteiger partial charge in [-0.05, 0) is 68.5 Å². The van der Waals surface area contributed by atoms with Crippen LogP contribution in [0, 0.1) is 12.7 Å². The van der Waals surface area contributed by atoms with Crippen LogP contribution in [0.25, 0.3) is 5.70 Å². The second-order valence-electron chi connectivity index (χ2n) is 4.74. The van der Waals surface area contributed by atoms with E-state index in [1.165, 1.54) is 18.0 Å². The number of aldehydes is 1. The van der Waals surface area contributed by atoms with E-state index in [0.29, 0.717) is 16.2 Å². The summed E-state index contributed by atoms with van der Waals surface area (Å²) in [5, 5.41) is 0. The van der Waals surface area contributed by atoms with Crippen molar-refractivity contribution in [3.8, 4) is 0 Å². The molecule has 0 heterocycles. The Labute approximate surface area is 146 Å². The average Bonchev–Trinajstić information content (AvgIpc) is 2.60. The number of carbonyl (C=O) groups excluding carboxylic acids is 1. The van der Waals surface area contributed by atoms with Gasteiger partial charge in [-0.25, -0.2) is 4.39 Å². The summed E-state index contributed by atoms with van der Waals surface area (Å²) in [7, 11) is 1.73. The second kappa shape index (κ2) is 10.5. The van der Waals surface area contributed by atoms with Crippen LogP contribution in [0.1, 0.15) is 21.5 Å². The molecule has 6 heteroatoms. The van der Waals surface area contributed by atoms with Crippen LogP contribution in [-0.2, 0) is 0 Å². The van der Waals surface area contributed by atoms with Gasteiger partial charge in [0.2, 0.25) is 0 Å². The Kier molecular flexibility index (Phi) is 8.64. The van der Waals surface area contributed by atoms with Crippen molar-refractivity contribution in [2.45, 2.75) is 11.8 Å². The largest absolute Gasteiger partial charge is 0.298 e. The van der Waals surface area contributed by atoms with Crippen LogP contribution in [0.2, 0.25) is 0 Å². The number of hydrogen-bond donors (Lipinski definition) is 2. The molecule has 126 valence electrons. The molecule has 0 atom stereocenters. The van der Waals surface area contributed by atoms with E-state index >= 15 is 0 Å². The smallest absolute Gasteiger partial charge is 0.150 e. The number of hydrogen-bond acceptors (Lipinski definition) is 5. The van der Waals surface area contributed by atoms with E-state index in [9.17, 15) is 9.18 Å². The third kappa shape index (κ3) is 6.45. The van der Waals surface area contributed by atoms with Gasteiger partial charge in [0, 0.05) is 11.1 Å². The molecule has 0 saturated carbocycles. The van der Waals surface area contributed by atoms with Gasteiger partial charge in [0.1, 0.15) is 12.1 Å². The third-order valence-electron chi connectivity index (χ3n) is 2.86. The van der Waals surface area contributed by atoms with Crippen LogP contribution in [0.3, 0.4) is 0 Å². The number of aliphatic imine (C=N–C) groups is 1. The van der Waals surface area contributed by atoms with E-state index < -0.39 is 0 Å². The summed E-state index contributed by atoms with van der Waals surface area (Å²) < 4.78 is 12.8. The van der Waals surface area contributed by atoms with Crippen LogP contribution in [0.15, 0.2) is 58.9 Å². The normalized spacial score (nSPS) is 9.62. The Balaban J connectivity index is 0.000000243. The molecule has 0 radical (unpaired) electrons. The van der Waals surface area contributed by atoms with E-state index in [-0.39, 0.29) is 5.82 Å². The molecule has 0 aliphatic carbocycles. The summed E-state index contributed by atoms with van der Waals surface area (Å²) in [6.07, 6.45) is 0.812. The standard InChI is InChI=1S/C11H11NO.C7H9FN2S/c1-8-4-10(7-13)6-11(5-8)9(2)12-3;1-9-10-11-7-5-3-2-4-6(7)8/h4-7H,2-3H2,1H3;2-5,9-10H,1H3. The van der Waals surface area contributed by atoms with Crippen molar-refractivity contribution >= 4 is 30.6 Å². The molecular weight excluding hydrogens is 325 g/mol. The fourth-order valence-electron chi connectivity index (χ4n) is 1.77. The number of benzene rings is 2. The maximum absolute atomic E-state index is 12.8. The Morgan fingerprint density at radius 2 is 2.00 bits per heavy atom. The first-order chi connectivity index (χ1) is 11.5. The maximum Gasteiger partial charge on any atom is 0.150 e. The van der Waals surface area contributed by atoms with Crippen molar-refractivity contribution in [3.05, 3.63) is 71.6 Å². The van der Waals surface area contributed by atoms with Gasteiger partial charge in [-0.3, -0.25) is 15.2 Å². The molecule has 0 aliphatic heterocycles. The van der Waals surface area contributed by atoms with E-state index in [1.54, 1.807) is 31.3 Å². The number of hydrazine groups is 1. The van der Waals surface area contributed by atoms with Crippen molar-refractivity contribution in [3.63, 3.8) is 0 Å². The molecule has 0 saturated heterocycles. The molecule has 2 N–H and O–H groups in total. The minimum atomic E-state index is -0.208. The number of carbonyl (C=O) groups is 1. The number of aryl methyl sites for hydroxylation is 1. The molecular formula is C18H20FN3OS. The van der Waals surface area contributed by atoms with E-state index in [2.05, 4.69) is 28.5 Å². The highest BCUT2D eigenvalue weighted by molar-refractivity contribution is 7.97. The molecule has 0 bridgehead atoms. The van der Waals surface area contributed by atoms with Crippen molar-refractivity contribution < 1.29 is 9.18 Å².